The molecule has 0 unspecified atom stereocenters. The highest BCUT2D eigenvalue weighted by Crippen LogP contribution is 2.33. The molecule has 0 N–H and O–H groups in total. The highest BCUT2D eigenvalue weighted by molar-refractivity contribution is 6.14. The van der Waals surface area contributed by atoms with E-state index in [0.717, 1.165) is 22.3 Å². The average Bonchev–Trinajstić information content (AvgIpc) is 2.78. The Morgan fingerprint density at radius 2 is 1.03 bits per heavy atom. The Bertz CT molecular complexity index is 1090. The van der Waals surface area contributed by atoms with E-state index in [1.165, 1.54) is 0 Å². The summed E-state index contributed by atoms with van der Waals surface area (Å²) in [6.07, 6.45) is 5.24. The van der Waals surface area contributed by atoms with Crippen LogP contribution in [0.15, 0.2) is 59.7 Å². The average molecular weight is 489 g/mol. The van der Waals surface area contributed by atoms with Gasteiger partial charge in [-0.05, 0) is 108 Å². The number of rotatable bonds is 4. The number of carbonyl (C=O) groups is 3. The van der Waals surface area contributed by atoms with Gasteiger partial charge in [0.05, 0.1) is 10.8 Å². The Kier molecular flexibility index (Phi) is 8.02. The van der Waals surface area contributed by atoms with E-state index in [-0.39, 0.29) is 17.7 Å². The van der Waals surface area contributed by atoms with E-state index in [1.54, 1.807) is 24.3 Å². The molecule has 1 aliphatic rings. The number of Topliss-reactive ketones (excluding diaryl/α,β-unsaturated/α-hetero) is 1. The van der Waals surface area contributed by atoms with Gasteiger partial charge in [-0.15, -0.1) is 0 Å². The van der Waals surface area contributed by atoms with Crippen LogP contribution < -0.4 is 9.47 Å². The first-order valence-electron chi connectivity index (χ1n) is 12.3. The van der Waals surface area contributed by atoms with Crippen LogP contribution in [0, 0.1) is 16.7 Å². The maximum Gasteiger partial charge on any atom is 0.316 e. The summed E-state index contributed by atoms with van der Waals surface area (Å²) in [5, 5.41) is 0. The fourth-order valence-corrected chi connectivity index (χ4v) is 3.65. The maximum absolute atomic E-state index is 13.3. The van der Waals surface area contributed by atoms with Crippen LogP contribution in [0.5, 0.6) is 11.5 Å². The SMILES string of the molecule is CC1CC(=Cc2ccc(OC(=O)C(C)(C)C)cc2)C(=O)C(=Cc2ccc(OC(=O)C(C)(C)C)cc2)C1. The van der Waals surface area contributed by atoms with Gasteiger partial charge in [-0.25, -0.2) is 0 Å². The van der Waals surface area contributed by atoms with Gasteiger partial charge in [-0.3, -0.25) is 14.4 Å². The second-order valence-electron chi connectivity index (χ2n) is 11.6. The zero-order valence-corrected chi connectivity index (χ0v) is 22.3. The summed E-state index contributed by atoms with van der Waals surface area (Å²) in [7, 11) is 0. The van der Waals surface area contributed by atoms with Crippen molar-refractivity contribution in [1.82, 2.24) is 0 Å². The summed E-state index contributed by atoms with van der Waals surface area (Å²) in [6, 6.07) is 14.4. The molecule has 1 aliphatic carbocycles. The van der Waals surface area contributed by atoms with Gasteiger partial charge >= 0.3 is 11.9 Å². The van der Waals surface area contributed by atoms with E-state index in [4.69, 9.17) is 9.47 Å². The smallest absolute Gasteiger partial charge is 0.316 e. The highest BCUT2D eigenvalue weighted by atomic mass is 16.5. The molecule has 2 aromatic rings. The second-order valence-corrected chi connectivity index (χ2v) is 11.6. The van der Waals surface area contributed by atoms with Crippen molar-refractivity contribution in [2.24, 2.45) is 16.7 Å². The molecule has 0 heterocycles. The van der Waals surface area contributed by atoms with Gasteiger partial charge < -0.3 is 9.47 Å². The van der Waals surface area contributed by atoms with E-state index in [1.807, 2.05) is 78.0 Å². The van der Waals surface area contributed by atoms with Crippen molar-refractivity contribution in [3.8, 4) is 11.5 Å². The lowest BCUT2D eigenvalue weighted by Crippen LogP contribution is -2.25. The Labute approximate surface area is 214 Å². The van der Waals surface area contributed by atoms with Crippen molar-refractivity contribution in [1.29, 1.82) is 0 Å². The van der Waals surface area contributed by atoms with Crippen LogP contribution in [0.25, 0.3) is 12.2 Å². The van der Waals surface area contributed by atoms with Gasteiger partial charge in [0, 0.05) is 11.1 Å². The molecule has 0 atom stereocenters. The highest BCUT2D eigenvalue weighted by Gasteiger charge is 2.26. The zero-order valence-electron chi connectivity index (χ0n) is 22.3. The molecule has 3 rings (SSSR count). The van der Waals surface area contributed by atoms with Crippen molar-refractivity contribution in [2.45, 2.75) is 61.3 Å². The van der Waals surface area contributed by atoms with Crippen LogP contribution in [0.3, 0.4) is 0 Å². The van der Waals surface area contributed by atoms with Crippen LogP contribution in [0.2, 0.25) is 0 Å². The van der Waals surface area contributed by atoms with E-state index in [0.29, 0.717) is 30.3 Å². The van der Waals surface area contributed by atoms with E-state index < -0.39 is 10.8 Å². The Hall–Kier alpha value is -3.47. The van der Waals surface area contributed by atoms with Crippen molar-refractivity contribution in [2.75, 3.05) is 0 Å². The third-order valence-corrected chi connectivity index (χ3v) is 5.81. The van der Waals surface area contributed by atoms with Gasteiger partial charge in [-0.1, -0.05) is 31.2 Å². The summed E-state index contributed by atoms with van der Waals surface area (Å²) in [6.45, 7) is 13.0. The first-order valence-corrected chi connectivity index (χ1v) is 12.3. The predicted molar refractivity (Wildman–Crippen MR) is 142 cm³/mol. The maximum atomic E-state index is 13.3. The number of ketones is 1. The minimum absolute atomic E-state index is 0.0413. The molecule has 2 aromatic carbocycles. The Morgan fingerprint density at radius 1 is 0.694 bits per heavy atom. The summed E-state index contributed by atoms with van der Waals surface area (Å²) in [4.78, 5) is 37.4. The van der Waals surface area contributed by atoms with Crippen molar-refractivity contribution >= 4 is 29.9 Å². The summed E-state index contributed by atoms with van der Waals surface area (Å²) >= 11 is 0. The molecule has 0 aromatic heterocycles. The number of esters is 2. The van der Waals surface area contributed by atoms with Gasteiger partial charge in [-0.2, -0.15) is 0 Å². The lowest BCUT2D eigenvalue weighted by Gasteiger charge is -2.23. The molecule has 0 bridgehead atoms. The largest absolute Gasteiger partial charge is 0.426 e. The van der Waals surface area contributed by atoms with Gasteiger partial charge in [0.1, 0.15) is 11.5 Å². The molecule has 36 heavy (non-hydrogen) atoms. The molecule has 0 saturated heterocycles. The van der Waals surface area contributed by atoms with Crippen molar-refractivity contribution in [3.63, 3.8) is 0 Å². The molecule has 1 fully saturated rings. The number of benzene rings is 2. The number of hydrogen-bond donors (Lipinski definition) is 0. The monoisotopic (exact) mass is 488 g/mol. The molecule has 5 nitrogen and oxygen atoms in total. The third-order valence-electron chi connectivity index (χ3n) is 5.81. The fourth-order valence-electron chi connectivity index (χ4n) is 3.65. The molecule has 0 radical (unpaired) electrons. The first-order chi connectivity index (χ1) is 16.7. The molecular formula is C31H36O5. The lowest BCUT2D eigenvalue weighted by atomic mass is 9.81. The van der Waals surface area contributed by atoms with Crippen LogP contribution in [-0.2, 0) is 14.4 Å². The number of ether oxygens (including phenoxy) is 2. The third kappa shape index (κ3) is 7.27. The number of hydrogen-bond acceptors (Lipinski definition) is 5. The molecule has 1 saturated carbocycles. The summed E-state index contributed by atoms with van der Waals surface area (Å²) in [5.41, 5.74) is 2.13. The minimum atomic E-state index is -0.578. The van der Waals surface area contributed by atoms with Crippen LogP contribution >= 0.6 is 0 Å². The number of allylic oxidation sites excluding steroid dienone is 2. The van der Waals surface area contributed by atoms with Crippen LogP contribution in [-0.4, -0.2) is 17.7 Å². The topological polar surface area (TPSA) is 69.7 Å². The Morgan fingerprint density at radius 3 is 1.33 bits per heavy atom. The van der Waals surface area contributed by atoms with Gasteiger partial charge in [0.25, 0.3) is 0 Å². The van der Waals surface area contributed by atoms with E-state index in [2.05, 4.69) is 6.92 Å². The molecule has 0 aliphatic heterocycles. The van der Waals surface area contributed by atoms with Gasteiger partial charge in [0.15, 0.2) is 5.78 Å². The molecule has 0 amide bonds. The van der Waals surface area contributed by atoms with Crippen LogP contribution in [0.1, 0.15) is 72.4 Å². The standard InChI is InChI=1S/C31H36O5/c1-20-16-23(18-21-8-12-25(13-9-21)35-28(33)30(2,3)4)27(32)24(17-20)19-22-10-14-26(15-11-22)36-29(34)31(5,6)7/h8-15,18-20H,16-17H2,1-7H3. The van der Waals surface area contributed by atoms with Crippen molar-refractivity contribution in [3.05, 3.63) is 70.8 Å². The predicted octanol–water partition coefficient (Wildman–Crippen LogP) is 7.06. The fraction of sp³-hybridized carbons (Fsp3) is 0.387. The molecule has 190 valence electrons. The lowest BCUT2D eigenvalue weighted by molar-refractivity contribution is -0.143. The van der Waals surface area contributed by atoms with E-state index in [9.17, 15) is 14.4 Å². The van der Waals surface area contributed by atoms with E-state index >= 15 is 0 Å². The zero-order chi connectivity index (χ0) is 26.7. The quantitative estimate of drug-likeness (QED) is 0.262. The van der Waals surface area contributed by atoms with Crippen molar-refractivity contribution < 1.29 is 23.9 Å². The second kappa shape index (κ2) is 10.7. The first kappa shape index (κ1) is 27.1. The normalized spacial score (nSPS) is 18.9. The van der Waals surface area contributed by atoms with Gasteiger partial charge in [0.2, 0.25) is 0 Å². The summed E-state index contributed by atoms with van der Waals surface area (Å²) < 4.78 is 10.9. The number of carbonyl (C=O) groups excluding carboxylic acids is 3. The minimum Gasteiger partial charge on any atom is -0.426 e. The van der Waals surface area contributed by atoms with Crippen LogP contribution in [0.4, 0.5) is 0 Å². The Balaban J connectivity index is 1.75. The molecule has 5 heteroatoms. The molecule has 0 spiro atoms. The molecular weight excluding hydrogens is 452 g/mol. The summed E-state index contributed by atoms with van der Waals surface area (Å²) in [5.74, 6) is 0.758.